The van der Waals surface area contributed by atoms with Crippen molar-refractivity contribution in [1.82, 2.24) is 0 Å². The maximum absolute atomic E-state index is 2.36. The van der Waals surface area contributed by atoms with Gasteiger partial charge in [-0.25, -0.2) is 0 Å². The van der Waals surface area contributed by atoms with Gasteiger partial charge in [0.05, 0.1) is 0 Å². The Hall–Kier alpha value is -1.86. The van der Waals surface area contributed by atoms with Crippen LogP contribution < -0.4 is 0 Å². The van der Waals surface area contributed by atoms with E-state index in [1.165, 1.54) is 42.8 Å². The molecule has 1 heteroatoms. The summed E-state index contributed by atoms with van der Waals surface area (Å²) in [5, 5.41) is 2.63. The zero-order chi connectivity index (χ0) is 13.7. The van der Waals surface area contributed by atoms with Crippen molar-refractivity contribution in [2.45, 2.75) is 20.3 Å². The summed E-state index contributed by atoms with van der Waals surface area (Å²) in [4.78, 5) is 2.97. The van der Waals surface area contributed by atoms with E-state index in [1.807, 2.05) is 11.3 Å². The van der Waals surface area contributed by atoms with E-state index in [9.17, 15) is 0 Å². The summed E-state index contributed by atoms with van der Waals surface area (Å²) in [7, 11) is 0. The summed E-state index contributed by atoms with van der Waals surface area (Å²) in [5.41, 5.74) is 5.73. The Kier molecular flexibility index (Phi) is 2.58. The highest BCUT2D eigenvalue weighted by Crippen LogP contribution is 2.42. The molecule has 1 aliphatic carbocycles. The van der Waals surface area contributed by atoms with Crippen molar-refractivity contribution >= 4 is 28.2 Å². The van der Waals surface area contributed by atoms with Gasteiger partial charge in [-0.1, -0.05) is 48.0 Å². The van der Waals surface area contributed by atoms with Crippen LogP contribution in [0.15, 0.2) is 48.0 Å². The molecular weight excluding hydrogens is 260 g/mol. The Bertz CT molecular complexity index is 849. The first-order chi connectivity index (χ1) is 9.72. The third-order valence-electron chi connectivity index (χ3n) is 4.07. The highest BCUT2D eigenvalue weighted by Gasteiger charge is 2.20. The van der Waals surface area contributed by atoms with Crippen LogP contribution in [0, 0.1) is 6.92 Å². The van der Waals surface area contributed by atoms with E-state index >= 15 is 0 Å². The lowest BCUT2D eigenvalue weighted by atomic mass is 9.98. The molecule has 4 rings (SSSR count). The second kappa shape index (κ2) is 4.32. The number of rotatable bonds is 1. The summed E-state index contributed by atoms with van der Waals surface area (Å²) in [6, 6.07) is 15.4. The SMILES string of the molecule is CC1=Cc2c(sc(C)c2-c2ccc3ccccc3c2)C1. The maximum Gasteiger partial charge on any atom is 0.0167 e. The molecule has 20 heavy (non-hydrogen) atoms. The summed E-state index contributed by atoms with van der Waals surface area (Å²) >= 11 is 1.96. The van der Waals surface area contributed by atoms with Gasteiger partial charge in [-0.05, 0) is 41.8 Å². The average Bonchev–Trinajstić information content (AvgIpc) is 2.92. The molecule has 0 fully saturated rings. The van der Waals surface area contributed by atoms with E-state index in [-0.39, 0.29) is 0 Å². The van der Waals surface area contributed by atoms with Crippen LogP contribution in [-0.2, 0) is 6.42 Å². The predicted molar refractivity (Wildman–Crippen MR) is 89.4 cm³/mol. The number of fused-ring (bicyclic) bond motifs is 2. The number of aryl methyl sites for hydroxylation is 1. The van der Waals surface area contributed by atoms with Crippen molar-refractivity contribution in [3.8, 4) is 11.1 Å². The minimum atomic E-state index is 1.13. The van der Waals surface area contributed by atoms with Crippen molar-refractivity contribution in [3.63, 3.8) is 0 Å². The minimum absolute atomic E-state index is 1.13. The molecule has 0 amide bonds. The Balaban J connectivity index is 1.96. The number of thiophene rings is 1. The Labute approximate surface area is 123 Å². The molecule has 0 atom stereocenters. The molecule has 0 bridgehead atoms. The number of hydrogen-bond acceptors (Lipinski definition) is 1. The third-order valence-corrected chi connectivity index (χ3v) is 5.19. The first-order valence-electron chi connectivity index (χ1n) is 7.01. The van der Waals surface area contributed by atoms with Crippen LogP contribution in [0.2, 0.25) is 0 Å². The fourth-order valence-corrected chi connectivity index (χ4v) is 4.43. The molecule has 2 aromatic carbocycles. The van der Waals surface area contributed by atoms with Crippen LogP contribution in [0.25, 0.3) is 28.0 Å². The molecule has 0 N–H and O–H groups in total. The first-order valence-corrected chi connectivity index (χ1v) is 7.82. The van der Waals surface area contributed by atoms with Crippen LogP contribution >= 0.6 is 11.3 Å². The van der Waals surface area contributed by atoms with E-state index in [0.29, 0.717) is 0 Å². The number of allylic oxidation sites excluding steroid dienone is 1. The second-order valence-electron chi connectivity index (χ2n) is 5.60. The molecule has 1 aromatic heterocycles. The lowest BCUT2D eigenvalue weighted by molar-refractivity contribution is 1.24. The predicted octanol–water partition coefficient (Wildman–Crippen LogP) is 5.84. The van der Waals surface area contributed by atoms with E-state index < -0.39 is 0 Å². The van der Waals surface area contributed by atoms with Crippen LogP contribution in [0.5, 0.6) is 0 Å². The smallest absolute Gasteiger partial charge is 0.0167 e. The fraction of sp³-hybridized carbons (Fsp3) is 0.158. The first kappa shape index (κ1) is 11.9. The highest BCUT2D eigenvalue weighted by molar-refractivity contribution is 7.12. The molecule has 0 radical (unpaired) electrons. The lowest BCUT2D eigenvalue weighted by Crippen LogP contribution is -1.82. The molecule has 0 spiro atoms. The van der Waals surface area contributed by atoms with Gasteiger partial charge in [0, 0.05) is 21.7 Å². The van der Waals surface area contributed by atoms with Gasteiger partial charge in [0.2, 0.25) is 0 Å². The fourth-order valence-electron chi connectivity index (χ4n) is 3.16. The molecule has 1 heterocycles. The normalized spacial score (nSPS) is 13.6. The minimum Gasteiger partial charge on any atom is -0.144 e. The molecule has 0 saturated heterocycles. The highest BCUT2D eigenvalue weighted by atomic mass is 32.1. The lowest BCUT2D eigenvalue weighted by Gasteiger charge is -2.05. The van der Waals surface area contributed by atoms with Crippen LogP contribution in [0.4, 0.5) is 0 Å². The van der Waals surface area contributed by atoms with Crippen LogP contribution in [0.3, 0.4) is 0 Å². The van der Waals surface area contributed by atoms with Crippen molar-refractivity contribution in [3.05, 3.63) is 63.4 Å². The summed E-state index contributed by atoms with van der Waals surface area (Å²) < 4.78 is 0. The van der Waals surface area contributed by atoms with E-state index in [1.54, 1.807) is 0 Å². The van der Waals surface area contributed by atoms with Gasteiger partial charge < -0.3 is 0 Å². The third kappa shape index (κ3) is 1.74. The standard InChI is InChI=1S/C19H16S/c1-12-9-17-18(10-12)20-13(2)19(17)16-8-7-14-5-3-4-6-15(14)11-16/h3-9,11H,10H2,1-2H3. The number of benzene rings is 2. The molecule has 0 aliphatic heterocycles. The largest absolute Gasteiger partial charge is 0.144 e. The summed E-state index contributed by atoms with van der Waals surface area (Å²) in [5.74, 6) is 0. The van der Waals surface area contributed by atoms with Gasteiger partial charge in [0.25, 0.3) is 0 Å². The maximum atomic E-state index is 2.36. The van der Waals surface area contributed by atoms with Crippen molar-refractivity contribution in [2.24, 2.45) is 0 Å². The Morgan fingerprint density at radius 1 is 0.950 bits per heavy atom. The van der Waals surface area contributed by atoms with Gasteiger partial charge in [-0.15, -0.1) is 11.3 Å². The Morgan fingerprint density at radius 2 is 1.75 bits per heavy atom. The Morgan fingerprint density at radius 3 is 2.60 bits per heavy atom. The second-order valence-corrected chi connectivity index (χ2v) is 6.91. The topological polar surface area (TPSA) is 0 Å². The van der Waals surface area contributed by atoms with E-state index in [2.05, 4.69) is 62.4 Å². The van der Waals surface area contributed by atoms with Crippen LogP contribution in [-0.4, -0.2) is 0 Å². The van der Waals surface area contributed by atoms with Crippen LogP contribution in [0.1, 0.15) is 22.2 Å². The van der Waals surface area contributed by atoms with Crippen molar-refractivity contribution in [2.75, 3.05) is 0 Å². The molecule has 0 nitrogen and oxygen atoms in total. The average molecular weight is 276 g/mol. The van der Waals surface area contributed by atoms with E-state index in [4.69, 9.17) is 0 Å². The summed E-state index contributed by atoms with van der Waals surface area (Å²) in [6.45, 7) is 4.48. The molecule has 1 aliphatic rings. The molecular formula is C19H16S. The van der Waals surface area contributed by atoms with Crippen molar-refractivity contribution in [1.29, 1.82) is 0 Å². The zero-order valence-corrected chi connectivity index (χ0v) is 12.6. The number of hydrogen-bond donors (Lipinski definition) is 0. The summed E-state index contributed by atoms with van der Waals surface area (Å²) in [6.07, 6.45) is 3.50. The van der Waals surface area contributed by atoms with Gasteiger partial charge >= 0.3 is 0 Å². The zero-order valence-electron chi connectivity index (χ0n) is 11.7. The van der Waals surface area contributed by atoms with Gasteiger partial charge in [0.1, 0.15) is 0 Å². The molecule has 3 aromatic rings. The quantitative estimate of drug-likeness (QED) is 0.524. The molecule has 0 saturated carbocycles. The van der Waals surface area contributed by atoms with Gasteiger partial charge in [-0.3, -0.25) is 0 Å². The molecule has 0 unspecified atom stereocenters. The monoisotopic (exact) mass is 276 g/mol. The van der Waals surface area contributed by atoms with Gasteiger partial charge in [0.15, 0.2) is 0 Å². The van der Waals surface area contributed by atoms with Gasteiger partial charge in [-0.2, -0.15) is 0 Å². The van der Waals surface area contributed by atoms with E-state index in [0.717, 1.165) is 6.42 Å². The van der Waals surface area contributed by atoms with Crippen molar-refractivity contribution < 1.29 is 0 Å². The molecule has 98 valence electrons.